The molecule has 1 aliphatic rings. The molecule has 8 heteroatoms. The Morgan fingerprint density at radius 1 is 1.41 bits per heavy atom. The third-order valence-corrected chi connectivity index (χ3v) is 5.65. The van der Waals surface area contributed by atoms with Gasteiger partial charge in [-0.2, -0.15) is 0 Å². The number of carbonyl (C=O) groups excluding carboxylic acids is 2. The molecule has 1 saturated heterocycles. The summed E-state index contributed by atoms with van der Waals surface area (Å²) in [6.45, 7) is 2.95. The molecule has 2 heterocycles. The third kappa shape index (κ3) is 4.82. The van der Waals surface area contributed by atoms with Crippen LogP contribution < -0.4 is 15.0 Å². The van der Waals surface area contributed by atoms with Crippen LogP contribution in [0.3, 0.4) is 0 Å². The molecule has 7 nitrogen and oxygen atoms in total. The van der Waals surface area contributed by atoms with E-state index in [1.165, 1.54) is 16.9 Å². The quantitative estimate of drug-likeness (QED) is 0.701. The molecule has 1 N–H and O–H groups in total. The number of hydrogen-bond acceptors (Lipinski definition) is 6. The summed E-state index contributed by atoms with van der Waals surface area (Å²) in [5.74, 6) is 0.370. The Morgan fingerprint density at radius 3 is 3.00 bits per heavy atom. The van der Waals surface area contributed by atoms with E-state index in [1.807, 2.05) is 31.2 Å². The second kappa shape index (κ2) is 8.94. The lowest BCUT2D eigenvalue weighted by Crippen LogP contribution is -2.33. The van der Waals surface area contributed by atoms with Crippen molar-refractivity contribution in [2.75, 3.05) is 25.1 Å². The average molecular weight is 388 g/mol. The zero-order valence-corrected chi connectivity index (χ0v) is 16.4. The molecule has 1 aromatic carbocycles. The molecule has 1 fully saturated rings. The van der Waals surface area contributed by atoms with E-state index < -0.39 is 0 Å². The highest BCUT2D eigenvalue weighted by atomic mass is 32.1. The lowest BCUT2D eigenvalue weighted by atomic mass is 10.1. The van der Waals surface area contributed by atoms with E-state index in [4.69, 9.17) is 4.74 Å². The van der Waals surface area contributed by atoms with Crippen LogP contribution in [0.5, 0.6) is 5.75 Å². The average Bonchev–Trinajstić information content (AvgIpc) is 3.31. The van der Waals surface area contributed by atoms with E-state index in [1.54, 1.807) is 12.0 Å². The molecule has 2 amide bonds. The number of benzene rings is 1. The van der Waals surface area contributed by atoms with Crippen molar-refractivity contribution in [1.82, 2.24) is 15.5 Å². The summed E-state index contributed by atoms with van der Waals surface area (Å²) in [6.07, 6.45) is 2.71. The number of aryl methyl sites for hydroxylation is 2. The minimum Gasteiger partial charge on any atom is -0.497 e. The molecule has 144 valence electrons. The Hall–Kier alpha value is -2.48. The van der Waals surface area contributed by atoms with Crippen LogP contribution in [0.4, 0.5) is 5.13 Å². The number of hydrogen-bond donors (Lipinski definition) is 1. The van der Waals surface area contributed by atoms with Gasteiger partial charge < -0.3 is 10.1 Å². The number of aromatic nitrogens is 2. The minimum atomic E-state index is -0.330. The van der Waals surface area contributed by atoms with Crippen molar-refractivity contribution >= 4 is 28.3 Å². The highest BCUT2D eigenvalue weighted by Gasteiger charge is 2.36. The Bertz CT molecular complexity index is 808. The van der Waals surface area contributed by atoms with Gasteiger partial charge in [0, 0.05) is 19.5 Å². The SMILES string of the molecule is CCc1nnc(N2CC(C(=O)NCCCc3cccc(OC)c3)CC2=O)s1. The lowest BCUT2D eigenvalue weighted by molar-refractivity contribution is -0.126. The van der Waals surface area contributed by atoms with Crippen LogP contribution in [0.15, 0.2) is 24.3 Å². The maximum Gasteiger partial charge on any atom is 0.229 e. The van der Waals surface area contributed by atoms with E-state index >= 15 is 0 Å². The normalized spacial score (nSPS) is 16.6. The first-order valence-electron chi connectivity index (χ1n) is 9.14. The van der Waals surface area contributed by atoms with Gasteiger partial charge in [-0.3, -0.25) is 14.5 Å². The first-order chi connectivity index (χ1) is 13.1. The monoisotopic (exact) mass is 388 g/mol. The Balaban J connectivity index is 1.45. The largest absolute Gasteiger partial charge is 0.497 e. The van der Waals surface area contributed by atoms with Gasteiger partial charge >= 0.3 is 0 Å². The summed E-state index contributed by atoms with van der Waals surface area (Å²) in [4.78, 5) is 26.2. The summed E-state index contributed by atoms with van der Waals surface area (Å²) < 4.78 is 5.22. The lowest BCUT2D eigenvalue weighted by Gasteiger charge is -2.12. The molecular formula is C19H24N4O3S. The van der Waals surface area contributed by atoms with Crippen LogP contribution in [0.25, 0.3) is 0 Å². The van der Waals surface area contributed by atoms with Crippen LogP contribution in [0, 0.1) is 5.92 Å². The van der Waals surface area contributed by atoms with Crippen molar-refractivity contribution in [1.29, 1.82) is 0 Å². The van der Waals surface area contributed by atoms with Gasteiger partial charge in [-0.1, -0.05) is 30.4 Å². The molecule has 1 aliphatic heterocycles. The number of nitrogens with zero attached hydrogens (tertiary/aromatic N) is 3. The summed E-state index contributed by atoms with van der Waals surface area (Å²) >= 11 is 1.41. The number of amides is 2. The molecule has 1 unspecified atom stereocenters. The van der Waals surface area contributed by atoms with Crippen molar-refractivity contribution in [3.8, 4) is 5.75 Å². The van der Waals surface area contributed by atoms with Crippen LogP contribution in [-0.2, 0) is 22.4 Å². The maximum absolute atomic E-state index is 12.4. The standard InChI is InChI=1S/C19H24N4O3S/c1-3-16-21-22-19(27-16)23-12-14(11-17(23)24)18(25)20-9-5-7-13-6-4-8-15(10-13)26-2/h4,6,8,10,14H,3,5,7,9,11-12H2,1-2H3,(H,20,25). The van der Waals surface area contributed by atoms with Gasteiger partial charge in [-0.25, -0.2) is 0 Å². The second-order valence-corrected chi connectivity index (χ2v) is 7.52. The van der Waals surface area contributed by atoms with Gasteiger partial charge in [0.15, 0.2) is 0 Å². The van der Waals surface area contributed by atoms with Gasteiger partial charge in [-0.05, 0) is 37.0 Å². The summed E-state index contributed by atoms with van der Waals surface area (Å²) in [7, 11) is 1.65. The predicted octanol–water partition coefficient (Wildman–Crippen LogP) is 2.21. The number of nitrogens with one attached hydrogen (secondary N) is 1. The second-order valence-electron chi connectivity index (χ2n) is 6.48. The maximum atomic E-state index is 12.4. The highest BCUT2D eigenvalue weighted by molar-refractivity contribution is 7.15. The smallest absolute Gasteiger partial charge is 0.229 e. The zero-order valence-electron chi connectivity index (χ0n) is 15.6. The van der Waals surface area contributed by atoms with Crippen LogP contribution in [0.2, 0.25) is 0 Å². The fourth-order valence-electron chi connectivity index (χ4n) is 3.04. The molecular weight excluding hydrogens is 364 g/mol. The number of anilines is 1. The van der Waals surface area contributed by atoms with Crippen LogP contribution in [-0.4, -0.2) is 42.2 Å². The fourth-order valence-corrected chi connectivity index (χ4v) is 3.85. The molecule has 3 rings (SSSR count). The minimum absolute atomic E-state index is 0.0645. The van der Waals surface area contributed by atoms with E-state index in [2.05, 4.69) is 15.5 Å². The topological polar surface area (TPSA) is 84.4 Å². The van der Waals surface area contributed by atoms with Crippen molar-refractivity contribution < 1.29 is 14.3 Å². The number of methoxy groups -OCH3 is 1. The zero-order chi connectivity index (χ0) is 19.2. The predicted molar refractivity (Wildman–Crippen MR) is 104 cm³/mol. The Morgan fingerprint density at radius 2 is 2.26 bits per heavy atom. The molecule has 0 spiro atoms. The van der Waals surface area contributed by atoms with Gasteiger partial charge in [0.2, 0.25) is 16.9 Å². The van der Waals surface area contributed by atoms with Crippen molar-refractivity contribution in [3.63, 3.8) is 0 Å². The highest BCUT2D eigenvalue weighted by Crippen LogP contribution is 2.28. The van der Waals surface area contributed by atoms with Crippen molar-refractivity contribution in [3.05, 3.63) is 34.8 Å². The first-order valence-corrected chi connectivity index (χ1v) is 9.95. The van der Waals surface area contributed by atoms with Gasteiger partial charge in [0.1, 0.15) is 10.8 Å². The van der Waals surface area contributed by atoms with E-state index in [-0.39, 0.29) is 24.2 Å². The van der Waals surface area contributed by atoms with E-state index in [0.717, 1.165) is 30.0 Å². The van der Waals surface area contributed by atoms with Crippen LogP contribution in [0.1, 0.15) is 30.3 Å². The summed E-state index contributed by atoms with van der Waals surface area (Å²) in [5, 5.41) is 12.5. The van der Waals surface area contributed by atoms with Gasteiger partial charge in [0.05, 0.1) is 13.0 Å². The third-order valence-electron chi connectivity index (χ3n) is 4.56. The first kappa shape index (κ1) is 19.3. The summed E-state index contributed by atoms with van der Waals surface area (Å²) in [6, 6.07) is 7.92. The molecule has 0 bridgehead atoms. The Labute approximate surface area is 162 Å². The molecule has 1 atom stereocenters. The molecule has 0 aliphatic carbocycles. The molecule has 2 aromatic rings. The van der Waals surface area contributed by atoms with Crippen molar-refractivity contribution in [2.45, 2.75) is 32.6 Å². The van der Waals surface area contributed by atoms with Crippen molar-refractivity contribution in [2.24, 2.45) is 5.92 Å². The van der Waals surface area contributed by atoms with E-state index in [9.17, 15) is 9.59 Å². The molecule has 27 heavy (non-hydrogen) atoms. The van der Waals surface area contributed by atoms with Crippen LogP contribution >= 0.6 is 11.3 Å². The number of carbonyl (C=O) groups is 2. The fraction of sp³-hybridized carbons (Fsp3) is 0.474. The van der Waals surface area contributed by atoms with Gasteiger partial charge in [0.25, 0.3) is 0 Å². The molecule has 1 aromatic heterocycles. The number of rotatable bonds is 8. The molecule has 0 radical (unpaired) electrons. The molecule has 0 saturated carbocycles. The van der Waals surface area contributed by atoms with Gasteiger partial charge in [-0.15, -0.1) is 10.2 Å². The van der Waals surface area contributed by atoms with E-state index in [0.29, 0.717) is 18.2 Å². The summed E-state index contributed by atoms with van der Waals surface area (Å²) in [5.41, 5.74) is 1.17. The number of ether oxygens (including phenoxy) is 1. The Kier molecular flexibility index (Phi) is 6.39.